The highest BCUT2D eigenvalue weighted by Gasteiger charge is 2.30. The SMILES string of the molecule is CC(N)(C(=O)Nc1ccc(OCC2CCCO2)cc1)c1ccccc1.Cl. The van der Waals surface area contributed by atoms with E-state index in [9.17, 15) is 4.79 Å². The van der Waals surface area contributed by atoms with Crippen molar-refractivity contribution in [2.45, 2.75) is 31.4 Å². The van der Waals surface area contributed by atoms with Crippen molar-refractivity contribution in [3.63, 3.8) is 0 Å². The third kappa shape index (κ3) is 4.97. The number of ether oxygens (including phenoxy) is 2. The molecule has 2 unspecified atom stereocenters. The highest BCUT2D eigenvalue weighted by atomic mass is 35.5. The van der Waals surface area contributed by atoms with Gasteiger partial charge in [0.05, 0.1) is 6.10 Å². The molecule has 1 aliphatic heterocycles. The van der Waals surface area contributed by atoms with Crippen LogP contribution in [0.1, 0.15) is 25.3 Å². The van der Waals surface area contributed by atoms with E-state index in [2.05, 4.69) is 5.32 Å². The Labute approximate surface area is 160 Å². The molecular formula is C20H25ClN2O3. The molecule has 2 atom stereocenters. The van der Waals surface area contributed by atoms with E-state index >= 15 is 0 Å². The maximum absolute atomic E-state index is 12.5. The number of nitrogens with one attached hydrogen (secondary N) is 1. The first-order valence-electron chi connectivity index (χ1n) is 8.56. The van der Waals surface area contributed by atoms with E-state index in [4.69, 9.17) is 15.2 Å². The number of carbonyl (C=O) groups excluding carboxylic acids is 1. The molecule has 1 fully saturated rings. The lowest BCUT2D eigenvalue weighted by molar-refractivity contribution is -0.120. The number of halogens is 1. The first-order valence-corrected chi connectivity index (χ1v) is 8.56. The van der Waals surface area contributed by atoms with Gasteiger partial charge in [0.1, 0.15) is 17.9 Å². The molecule has 0 saturated carbocycles. The van der Waals surface area contributed by atoms with Crippen molar-refractivity contribution in [3.8, 4) is 5.75 Å². The summed E-state index contributed by atoms with van der Waals surface area (Å²) in [6.45, 7) is 3.08. The number of amides is 1. The van der Waals surface area contributed by atoms with E-state index < -0.39 is 5.54 Å². The molecular weight excluding hydrogens is 352 g/mol. The minimum atomic E-state index is -1.10. The van der Waals surface area contributed by atoms with Crippen LogP contribution in [-0.2, 0) is 15.1 Å². The van der Waals surface area contributed by atoms with Gasteiger partial charge >= 0.3 is 0 Å². The lowest BCUT2D eigenvalue weighted by atomic mass is 9.92. The maximum Gasteiger partial charge on any atom is 0.248 e. The first kappa shape index (κ1) is 20.2. The van der Waals surface area contributed by atoms with Gasteiger partial charge in [-0.25, -0.2) is 0 Å². The zero-order chi connectivity index (χ0) is 17.7. The highest BCUT2D eigenvalue weighted by Crippen LogP contribution is 2.22. The molecule has 1 amide bonds. The average Bonchev–Trinajstić information content (AvgIpc) is 3.15. The molecule has 1 aliphatic rings. The standard InChI is InChI=1S/C20H24N2O3.ClH/c1-20(21,15-6-3-2-4-7-15)19(23)22-16-9-11-17(12-10-16)25-14-18-8-5-13-24-18;/h2-4,6-7,9-12,18H,5,8,13-14,21H2,1H3,(H,22,23);1H. The van der Waals surface area contributed by atoms with Gasteiger partial charge in [-0.05, 0) is 49.6 Å². The molecule has 0 aliphatic carbocycles. The highest BCUT2D eigenvalue weighted by molar-refractivity contribution is 5.98. The van der Waals surface area contributed by atoms with Gasteiger partial charge in [0.15, 0.2) is 0 Å². The Morgan fingerprint density at radius 1 is 1.23 bits per heavy atom. The van der Waals surface area contributed by atoms with Crippen LogP contribution in [0.2, 0.25) is 0 Å². The summed E-state index contributed by atoms with van der Waals surface area (Å²) in [5.74, 6) is 0.499. The first-order chi connectivity index (χ1) is 12.1. The van der Waals surface area contributed by atoms with Gasteiger partial charge in [-0.3, -0.25) is 4.79 Å². The normalized spacial score (nSPS) is 18.5. The number of carbonyl (C=O) groups is 1. The summed E-state index contributed by atoms with van der Waals surface area (Å²) in [4.78, 5) is 12.5. The van der Waals surface area contributed by atoms with Crippen LogP contribution in [0.5, 0.6) is 5.75 Å². The second-order valence-electron chi connectivity index (χ2n) is 6.49. The van der Waals surface area contributed by atoms with E-state index in [1.165, 1.54) is 0 Å². The predicted molar refractivity (Wildman–Crippen MR) is 105 cm³/mol. The second kappa shape index (κ2) is 9.03. The van der Waals surface area contributed by atoms with Crippen molar-refractivity contribution in [2.24, 2.45) is 5.73 Å². The smallest absolute Gasteiger partial charge is 0.248 e. The van der Waals surface area contributed by atoms with Crippen LogP contribution in [-0.4, -0.2) is 25.2 Å². The zero-order valence-electron chi connectivity index (χ0n) is 14.8. The average molecular weight is 377 g/mol. The van der Waals surface area contributed by atoms with Crippen LogP contribution in [0.4, 0.5) is 5.69 Å². The van der Waals surface area contributed by atoms with Crippen molar-refractivity contribution < 1.29 is 14.3 Å². The third-order valence-electron chi connectivity index (χ3n) is 4.42. The van der Waals surface area contributed by atoms with Gasteiger partial charge < -0.3 is 20.5 Å². The fourth-order valence-electron chi connectivity index (χ4n) is 2.78. The molecule has 0 radical (unpaired) electrons. The number of hydrogen-bond acceptors (Lipinski definition) is 4. The summed E-state index contributed by atoms with van der Waals surface area (Å²) in [7, 11) is 0. The Morgan fingerprint density at radius 2 is 1.92 bits per heavy atom. The largest absolute Gasteiger partial charge is 0.491 e. The van der Waals surface area contributed by atoms with Gasteiger partial charge in [-0.1, -0.05) is 30.3 Å². The molecule has 3 rings (SSSR count). The summed E-state index contributed by atoms with van der Waals surface area (Å²) < 4.78 is 11.3. The molecule has 1 saturated heterocycles. The van der Waals surface area contributed by atoms with Gasteiger partial charge in [0.25, 0.3) is 0 Å². The van der Waals surface area contributed by atoms with E-state index in [-0.39, 0.29) is 24.4 Å². The molecule has 3 N–H and O–H groups in total. The Hall–Kier alpha value is -2.08. The Bertz CT molecular complexity index is 699. The number of anilines is 1. The van der Waals surface area contributed by atoms with Crippen LogP contribution >= 0.6 is 12.4 Å². The van der Waals surface area contributed by atoms with E-state index in [1.807, 2.05) is 54.6 Å². The van der Waals surface area contributed by atoms with Crippen LogP contribution in [0.3, 0.4) is 0 Å². The fraction of sp³-hybridized carbons (Fsp3) is 0.350. The molecule has 2 aromatic rings. The third-order valence-corrected chi connectivity index (χ3v) is 4.42. The van der Waals surface area contributed by atoms with Crippen LogP contribution in [0.15, 0.2) is 54.6 Å². The minimum absolute atomic E-state index is 0. The summed E-state index contributed by atoms with van der Waals surface area (Å²) in [6.07, 6.45) is 2.32. The Morgan fingerprint density at radius 3 is 2.54 bits per heavy atom. The van der Waals surface area contributed by atoms with Crippen molar-refractivity contribution >= 4 is 24.0 Å². The molecule has 26 heavy (non-hydrogen) atoms. The topological polar surface area (TPSA) is 73.6 Å². The van der Waals surface area contributed by atoms with Gasteiger partial charge in [0.2, 0.25) is 5.91 Å². The predicted octanol–water partition coefficient (Wildman–Crippen LogP) is 3.48. The van der Waals surface area contributed by atoms with Gasteiger partial charge in [-0.15, -0.1) is 12.4 Å². The van der Waals surface area contributed by atoms with Gasteiger partial charge in [0, 0.05) is 12.3 Å². The fourth-order valence-corrected chi connectivity index (χ4v) is 2.78. The van der Waals surface area contributed by atoms with Crippen molar-refractivity contribution in [1.82, 2.24) is 0 Å². The Balaban J connectivity index is 0.00000243. The molecule has 6 heteroatoms. The van der Waals surface area contributed by atoms with Crippen LogP contribution in [0.25, 0.3) is 0 Å². The van der Waals surface area contributed by atoms with Crippen LogP contribution in [0, 0.1) is 0 Å². The molecule has 5 nitrogen and oxygen atoms in total. The number of rotatable bonds is 6. The number of nitrogens with two attached hydrogens (primary N) is 1. The molecule has 2 aromatic carbocycles. The molecule has 0 spiro atoms. The number of benzene rings is 2. The molecule has 1 heterocycles. The monoisotopic (exact) mass is 376 g/mol. The van der Waals surface area contributed by atoms with E-state index in [0.29, 0.717) is 12.3 Å². The lowest BCUT2D eigenvalue weighted by Gasteiger charge is -2.24. The van der Waals surface area contributed by atoms with Crippen LogP contribution < -0.4 is 15.8 Å². The molecule has 0 bridgehead atoms. The summed E-state index contributed by atoms with van der Waals surface area (Å²) >= 11 is 0. The van der Waals surface area contributed by atoms with Gasteiger partial charge in [-0.2, -0.15) is 0 Å². The summed E-state index contributed by atoms with van der Waals surface area (Å²) in [6, 6.07) is 16.6. The summed E-state index contributed by atoms with van der Waals surface area (Å²) in [5, 5.41) is 2.86. The number of hydrogen-bond donors (Lipinski definition) is 2. The summed E-state index contributed by atoms with van der Waals surface area (Å²) in [5.41, 5.74) is 6.58. The molecule has 0 aromatic heterocycles. The van der Waals surface area contributed by atoms with Crippen molar-refractivity contribution in [2.75, 3.05) is 18.5 Å². The lowest BCUT2D eigenvalue weighted by Crippen LogP contribution is -2.45. The second-order valence-corrected chi connectivity index (χ2v) is 6.49. The Kier molecular flexibility index (Phi) is 7.03. The van der Waals surface area contributed by atoms with Crippen molar-refractivity contribution in [3.05, 3.63) is 60.2 Å². The van der Waals surface area contributed by atoms with Crippen molar-refractivity contribution in [1.29, 1.82) is 0 Å². The minimum Gasteiger partial charge on any atom is -0.491 e. The van der Waals surface area contributed by atoms with E-state index in [1.54, 1.807) is 6.92 Å². The van der Waals surface area contributed by atoms with E-state index in [0.717, 1.165) is 30.8 Å². The maximum atomic E-state index is 12.5. The quantitative estimate of drug-likeness (QED) is 0.809. The zero-order valence-corrected chi connectivity index (χ0v) is 15.6. The molecule has 140 valence electrons.